The van der Waals surface area contributed by atoms with E-state index in [9.17, 15) is 4.79 Å². The molecule has 0 aliphatic carbocycles. The molecule has 1 unspecified atom stereocenters. The quantitative estimate of drug-likeness (QED) is 0.622. The first-order valence-corrected chi connectivity index (χ1v) is 4.48. The molecule has 4 N–H and O–H groups in total. The summed E-state index contributed by atoms with van der Waals surface area (Å²) >= 11 is 1.13. The highest BCUT2D eigenvalue weighted by Crippen LogP contribution is 2.12. The molecule has 0 aromatic carbocycles. The summed E-state index contributed by atoms with van der Waals surface area (Å²) in [7, 11) is 1.58. The predicted octanol–water partition coefficient (Wildman–Crippen LogP) is -0.333. The maximum Gasteiger partial charge on any atom is 0.242 e. The lowest BCUT2D eigenvalue weighted by Crippen LogP contribution is -2.35. The molecule has 0 radical (unpaired) electrons. The van der Waals surface area contributed by atoms with Gasteiger partial charge in [-0.2, -0.15) is 9.36 Å². The van der Waals surface area contributed by atoms with Crippen LogP contribution in [0.2, 0.25) is 0 Å². The monoisotopic (exact) mass is 201 g/mol. The molecule has 0 saturated carbocycles. The average Bonchev–Trinajstić information content (AvgIpc) is 2.49. The van der Waals surface area contributed by atoms with Crippen LogP contribution < -0.4 is 16.4 Å². The molecule has 0 fully saturated rings. The van der Waals surface area contributed by atoms with Crippen LogP contribution in [-0.2, 0) is 4.79 Å². The molecule has 0 spiro atoms. The van der Waals surface area contributed by atoms with Crippen molar-refractivity contribution in [1.82, 2.24) is 14.7 Å². The number of carbonyl (C=O) groups is 1. The predicted molar refractivity (Wildman–Crippen MR) is 51.5 cm³/mol. The van der Waals surface area contributed by atoms with Crippen LogP contribution >= 0.6 is 11.5 Å². The Morgan fingerprint density at radius 3 is 2.85 bits per heavy atom. The summed E-state index contributed by atoms with van der Waals surface area (Å²) in [6.45, 7) is 1.73. The minimum Gasteiger partial charge on any atom is -0.367 e. The van der Waals surface area contributed by atoms with E-state index in [1.807, 2.05) is 0 Å². The molecule has 1 heterocycles. The maximum absolute atomic E-state index is 11.1. The summed E-state index contributed by atoms with van der Waals surface area (Å²) in [5.41, 5.74) is 5.31. The normalized spacial score (nSPS) is 12.2. The van der Waals surface area contributed by atoms with Crippen LogP contribution in [0.15, 0.2) is 0 Å². The average molecular weight is 201 g/mol. The lowest BCUT2D eigenvalue weighted by atomic mass is 10.3. The van der Waals surface area contributed by atoms with Gasteiger partial charge in [-0.25, -0.2) is 0 Å². The number of amides is 1. The number of nitrogens with one attached hydrogen (secondary N) is 2. The zero-order valence-corrected chi connectivity index (χ0v) is 8.18. The van der Waals surface area contributed by atoms with Crippen LogP contribution in [0.4, 0.5) is 11.1 Å². The van der Waals surface area contributed by atoms with Gasteiger partial charge in [0.2, 0.25) is 17.0 Å². The summed E-state index contributed by atoms with van der Waals surface area (Å²) in [6, 6.07) is -0.336. The fourth-order valence-electron chi connectivity index (χ4n) is 0.761. The fraction of sp³-hybridized carbons (Fsp3) is 0.500. The number of hydrogen-bond acceptors (Lipinski definition) is 6. The number of nitrogens with two attached hydrogens (primary N) is 1. The smallest absolute Gasteiger partial charge is 0.242 e. The van der Waals surface area contributed by atoms with Crippen molar-refractivity contribution in [3.8, 4) is 0 Å². The summed E-state index contributed by atoms with van der Waals surface area (Å²) in [5.74, 6) is 0.116. The molecular weight excluding hydrogens is 190 g/mol. The molecule has 1 amide bonds. The Kier molecular flexibility index (Phi) is 3.02. The number of likely N-dealkylation sites (N-methyl/N-ethyl adjacent to an activating group) is 1. The van der Waals surface area contributed by atoms with Gasteiger partial charge in [0.1, 0.15) is 6.04 Å². The Morgan fingerprint density at radius 2 is 2.38 bits per heavy atom. The highest BCUT2D eigenvalue weighted by molar-refractivity contribution is 7.09. The SMILES string of the molecule is CNC(=O)C(C)Nc1nc(N)ns1. The van der Waals surface area contributed by atoms with E-state index in [0.29, 0.717) is 5.13 Å². The van der Waals surface area contributed by atoms with Crippen LogP contribution in [0.1, 0.15) is 6.92 Å². The molecular formula is C6H11N5OS. The molecule has 13 heavy (non-hydrogen) atoms. The van der Waals surface area contributed by atoms with Crippen LogP contribution in [0, 0.1) is 0 Å². The first kappa shape index (κ1) is 9.72. The Bertz CT molecular complexity index is 299. The standard InChI is InChI=1S/C6H11N5OS/c1-3(4(12)8-2)9-6-10-5(7)11-13-6/h3H,1-2H3,(H,8,12)(H3,7,9,10,11). The topological polar surface area (TPSA) is 92.9 Å². The summed E-state index contributed by atoms with van der Waals surface area (Å²) in [4.78, 5) is 14.9. The van der Waals surface area contributed by atoms with Gasteiger partial charge in [0, 0.05) is 18.6 Å². The fourth-order valence-corrected chi connectivity index (χ4v) is 1.35. The van der Waals surface area contributed by atoms with E-state index in [1.54, 1.807) is 14.0 Å². The number of anilines is 2. The Morgan fingerprint density at radius 1 is 1.69 bits per heavy atom. The van der Waals surface area contributed by atoms with Crippen molar-refractivity contribution < 1.29 is 4.79 Å². The summed E-state index contributed by atoms with van der Waals surface area (Å²) in [5, 5.41) is 5.93. The molecule has 6 nitrogen and oxygen atoms in total. The molecule has 1 aromatic heterocycles. The molecule has 0 saturated heterocycles. The van der Waals surface area contributed by atoms with E-state index in [-0.39, 0.29) is 17.9 Å². The largest absolute Gasteiger partial charge is 0.367 e. The Labute approximate surface area is 79.7 Å². The van der Waals surface area contributed by atoms with Crippen LogP contribution in [0.3, 0.4) is 0 Å². The van der Waals surface area contributed by atoms with Crippen molar-refractivity contribution in [2.75, 3.05) is 18.1 Å². The lowest BCUT2D eigenvalue weighted by Gasteiger charge is -2.09. The van der Waals surface area contributed by atoms with E-state index >= 15 is 0 Å². The molecule has 1 rings (SSSR count). The van der Waals surface area contributed by atoms with Crippen molar-refractivity contribution in [2.45, 2.75) is 13.0 Å². The second kappa shape index (κ2) is 4.04. The lowest BCUT2D eigenvalue weighted by molar-refractivity contribution is -0.121. The van der Waals surface area contributed by atoms with Crippen molar-refractivity contribution in [1.29, 1.82) is 0 Å². The molecule has 0 aliphatic rings. The van der Waals surface area contributed by atoms with E-state index in [4.69, 9.17) is 5.73 Å². The minimum absolute atomic E-state index is 0.103. The van der Waals surface area contributed by atoms with Crippen molar-refractivity contribution >= 4 is 28.5 Å². The van der Waals surface area contributed by atoms with E-state index in [2.05, 4.69) is 20.0 Å². The highest BCUT2D eigenvalue weighted by atomic mass is 32.1. The highest BCUT2D eigenvalue weighted by Gasteiger charge is 2.12. The van der Waals surface area contributed by atoms with E-state index in [1.165, 1.54) is 0 Å². The summed E-state index contributed by atoms with van der Waals surface area (Å²) < 4.78 is 3.77. The summed E-state index contributed by atoms with van der Waals surface area (Å²) in [6.07, 6.45) is 0. The zero-order valence-electron chi connectivity index (χ0n) is 7.37. The number of aromatic nitrogens is 2. The van der Waals surface area contributed by atoms with E-state index < -0.39 is 0 Å². The Balaban J connectivity index is 2.54. The van der Waals surface area contributed by atoms with Gasteiger partial charge in [0.05, 0.1) is 0 Å². The number of hydrogen-bond donors (Lipinski definition) is 3. The van der Waals surface area contributed by atoms with Crippen LogP contribution in [0.25, 0.3) is 0 Å². The number of rotatable bonds is 3. The number of nitrogens with zero attached hydrogens (tertiary/aromatic N) is 2. The van der Waals surface area contributed by atoms with Crippen molar-refractivity contribution in [3.63, 3.8) is 0 Å². The molecule has 7 heteroatoms. The van der Waals surface area contributed by atoms with Gasteiger partial charge < -0.3 is 16.4 Å². The van der Waals surface area contributed by atoms with Gasteiger partial charge in [0.25, 0.3) is 0 Å². The second-order valence-electron chi connectivity index (χ2n) is 2.44. The molecule has 0 aliphatic heterocycles. The molecule has 1 aromatic rings. The number of carbonyl (C=O) groups excluding carboxylic acids is 1. The van der Waals surface area contributed by atoms with Gasteiger partial charge >= 0.3 is 0 Å². The van der Waals surface area contributed by atoms with Gasteiger partial charge in [-0.3, -0.25) is 4.79 Å². The molecule has 72 valence electrons. The number of nitrogen functional groups attached to an aromatic ring is 1. The first-order chi connectivity index (χ1) is 6.13. The third-order valence-electron chi connectivity index (χ3n) is 1.42. The third kappa shape index (κ3) is 2.55. The maximum atomic E-state index is 11.1. The van der Waals surface area contributed by atoms with Crippen molar-refractivity contribution in [2.24, 2.45) is 0 Å². The van der Waals surface area contributed by atoms with Gasteiger partial charge in [-0.15, -0.1) is 0 Å². The third-order valence-corrected chi connectivity index (χ3v) is 2.08. The van der Waals surface area contributed by atoms with Crippen LogP contribution in [-0.4, -0.2) is 28.4 Å². The second-order valence-corrected chi connectivity index (χ2v) is 3.19. The van der Waals surface area contributed by atoms with Crippen LogP contribution in [0.5, 0.6) is 0 Å². The van der Waals surface area contributed by atoms with Crippen molar-refractivity contribution in [3.05, 3.63) is 0 Å². The van der Waals surface area contributed by atoms with Gasteiger partial charge in [-0.1, -0.05) is 0 Å². The minimum atomic E-state index is -0.336. The Hall–Kier alpha value is -1.37. The van der Waals surface area contributed by atoms with Gasteiger partial charge in [-0.05, 0) is 6.92 Å². The van der Waals surface area contributed by atoms with Gasteiger partial charge in [0.15, 0.2) is 0 Å². The zero-order chi connectivity index (χ0) is 9.84. The first-order valence-electron chi connectivity index (χ1n) is 3.71. The van der Waals surface area contributed by atoms with E-state index in [0.717, 1.165) is 11.5 Å². The molecule has 0 bridgehead atoms. The molecule has 1 atom stereocenters.